The van der Waals surface area contributed by atoms with E-state index in [0.717, 1.165) is 70.6 Å². The van der Waals surface area contributed by atoms with Crippen LogP contribution >= 0.6 is 7.82 Å². The zero-order valence-corrected chi connectivity index (χ0v) is 41.4. The summed E-state index contributed by atoms with van der Waals surface area (Å²) in [4.78, 5) is 23.2. The second-order valence-electron chi connectivity index (χ2n) is 17.6. The zero-order chi connectivity index (χ0) is 47.6. The Kier molecular flexibility index (Phi) is 39.6. The van der Waals surface area contributed by atoms with E-state index in [2.05, 4.69) is 74.6 Å². The molecule has 0 amide bonds. The molecular formula is C52H93O12P. The summed E-state index contributed by atoms with van der Waals surface area (Å²) in [5, 5.41) is 50.3. The molecule has 6 atom stereocenters. The van der Waals surface area contributed by atoms with Gasteiger partial charge in [-0.1, -0.05) is 197 Å². The van der Waals surface area contributed by atoms with Gasteiger partial charge in [-0.2, -0.15) is 0 Å². The number of hydrogen-bond acceptors (Lipinski definition) is 11. The summed E-state index contributed by atoms with van der Waals surface area (Å²) in [6.07, 6.45) is 41.4. The Morgan fingerprint density at radius 2 is 0.908 bits per heavy atom. The Morgan fingerprint density at radius 1 is 0.508 bits per heavy atom. The molecule has 0 spiro atoms. The van der Waals surface area contributed by atoms with Crippen molar-refractivity contribution < 1.29 is 58.3 Å². The van der Waals surface area contributed by atoms with E-state index in [4.69, 9.17) is 18.5 Å². The van der Waals surface area contributed by atoms with Crippen molar-refractivity contribution >= 4 is 13.8 Å². The number of unbranched alkanes of at least 4 members (excludes halogenated alkanes) is 21. The van der Waals surface area contributed by atoms with Crippen molar-refractivity contribution in [2.75, 3.05) is 19.8 Å². The first-order valence-corrected chi connectivity index (χ1v) is 27.1. The van der Waals surface area contributed by atoms with Gasteiger partial charge in [0.25, 0.3) is 0 Å². The number of ether oxygens (including phenoxy) is 2. The summed E-state index contributed by atoms with van der Waals surface area (Å²) in [5.74, 6) is -0.507. The fraction of sp³-hybridized carbons (Fsp3) is 0.788. The number of phosphoric ester groups is 1. The van der Waals surface area contributed by atoms with E-state index in [9.17, 15) is 39.8 Å². The van der Waals surface area contributed by atoms with Crippen LogP contribution in [0.1, 0.15) is 200 Å². The lowest BCUT2D eigenvalue weighted by atomic mass is 9.85. The Morgan fingerprint density at radius 3 is 1.37 bits per heavy atom. The number of carbonyl (C=O) groups excluding carboxylic acids is 1. The molecule has 0 radical (unpaired) electrons. The first kappa shape index (κ1) is 61.1. The van der Waals surface area contributed by atoms with Gasteiger partial charge in [0.2, 0.25) is 0 Å². The minimum atomic E-state index is -5.03. The van der Waals surface area contributed by atoms with E-state index in [0.29, 0.717) is 13.0 Å². The molecule has 1 saturated carbocycles. The molecule has 6 N–H and O–H groups in total. The van der Waals surface area contributed by atoms with Crippen molar-refractivity contribution in [2.45, 2.75) is 243 Å². The molecule has 6 unspecified atom stereocenters. The quantitative estimate of drug-likeness (QED) is 0.0147. The second kappa shape index (κ2) is 42.2. The number of esters is 1. The fourth-order valence-electron chi connectivity index (χ4n) is 7.62. The number of carbonyl (C=O) groups is 1. The average Bonchev–Trinajstić information content (AvgIpc) is 3.29. The van der Waals surface area contributed by atoms with Crippen LogP contribution in [-0.4, -0.2) is 98.9 Å². The number of aliphatic hydroxyl groups is 5. The van der Waals surface area contributed by atoms with Crippen molar-refractivity contribution in [3.05, 3.63) is 60.8 Å². The summed E-state index contributed by atoms with van der Waals surface area (Å²) in [5.41, 5.74) is 0. The number of aliphatic hydroxyl groups excluding tert-OH is 5. The first-order valence-electron chi connectivity index (χ1n) is 25.6. The minimum Gasteiger partial charge on any atom is -0.457 e. The summed E-state index contributed by atoms with van der Waals surface area (Å²) in [6.45, 7) is 4.13. The molecule has 0 aromatic carbocycles. The highest BCUT2D eigenvalue weighted by molar-refractivity contribution is 7.47. The zero-order valence-electron chi connectivity index (χ0n) is 40.5. The Hall–Kier alpha value is -1.96. The van der Waals surface area contributed by atoms with Gasteiger partial charge < -0.3 is 39.9 Å². The number of rotatable bonds is 43. The molecule has 12 nitrogen and oxygen atoms in total. The van der Waals surface area contributed by atoms with E-state index in [-0.39, 0.29) is 13.0 Å². The van der Waals surface area contributed by atoms with Crippen LogP contribution in [0.15, 0.2) is 60.8 Å². The van der Waals surface area contributed by atoms with Crippen molar-refractivity contribution in [3.8, 4) is 0 Å². The summed E-state index contributed by atoms with van der Waals surface area (Å²) in [7, 11) is -5.03. The molecular weight excluding hydrogens is 848 g/mol. The topological polar surface area (TPSA) is 192 Å². The maximum atomic E-state index is 12.9. The highest BCUT2D eigenvalue weighted by Crippen LogP contribution is 2.47. The molecule has 0 aromatic rings. The van der Waals surface area contributed by atoms with Gasteiger partial charge in [0.05, 0.1) is 13.2 Å². The summed E-state index contributed by atoms with van der Waals surface area (Å²) < 4.78 is 34.3. The van der Waals surface area contributed by atoms with Crippen molar-refractivity contribution in [1.82, 2.24) is 0 Å². The van der Waals surface area contributed by atoms with Gasteiger partial charge in [-0.05, 0) is 57.8 Å². The predicted octanol–water partition coefficient (Wildman–Crippen LogP) is 11.4. The van der Waals surface area contributed by atoms with Crippen LogP contribution in [0.25, 0.3) is 0 Å². The minimum absolute atomic E-state index is 0.0901. The maximum absolute atomic E-state index is 12.9. The normalized spacial score (nSPS) is 22.0. The van der Waals surface area contributed by atoms with Gasteiger partial charge in [0.15, 0.2) is 0 Å². The third-order valence-corrected chi connectivity index (χ3v) is 12.6. The summed E-state index contributed by atoms with van der Waals surface area (Å²) in [6, 6.07) is 0. The smallest absolute Gasteiger partial charge is 0.457 e. The van der Waals surface area contributed by atoms with Gasteiger partial charge in [-0.25, -0.2) is 4.57 Å². The third-order valence-electron chi connectivity index (χ3n) is 11.7. The van der Waals surface area contributed by atoms with Crippen LogP contribution in [0, 0.1) is 0 Å². The molecule has 0 aliphatic heterocycles. The molecule has 65 heavy (non-hydrogen) atoms. The van der Waals surface area contributed by atoms with Crippen LogP contribution in [0.3, 0.4) is 0 Å². The lowest BCUT2D eigenvalue weighted by molar-refractivity contribution is -0.220. The molecule has 13 heteroatoms. The third kappa shape index (κ3) is 34.1. The SMILES string of the molecule is CC/C=C\C/C=C\C/C=C\C/C=C\C/C=C\CCCCCC(=O)OC(COCCCCCCCCCCCCCCCCCCCCC)COP(=O)(O)OC1C(O)C(O)C(O)C(O)C1O. The highest BCUT2D eigenvalue weighted by atomic mass is 31.2. The Labute approximate surface area is 394 Å². The van der Waals surface area contributed by atoms with E-state index in [1.165, 1.54) is 103 Å². The number of hydrogen-bond donors (Lipinski definition) is 6. The molecule has 0 heterocycles. The van der Waals surface area contributed by atoms with Crippen molar-refractivity contribution in [2.24, 2.45) is 0 Å². The van der Waals surface area contributed by atoms with E-state index < -0.39 is 63.1 Å². The highest BCUT2D eigenvalue weighted by Gasteiger charge is 2.51. The van der Waals surface area contributed by atoms with Crippen molar-refractivity contribution in [1.29, 1.82) is 0 Å². The molecule has 0 aromatic heterocycles. The van der Waals surface area contributed by atoms with Crippen LogP contribution in [-0.2, 0) is 27.9 Å². The molecule has 1 aliphatic rings. The molecule has 1 rings (SSSR count). The standard InChI is InChI=1S/C52H93O12P/c1-3-5-7-9-11-13-15-17-19-21-23-25-27-29-31-33-35-37-39-41-46(53)63-45(44-62-65(59,60)64-52-50(57)48(55)47(54)49(56)51(52)58)43-61-42-40-38-36-34-32-30-28-26-24-22-20-18-16-14-12-10-8-6-4-2/h5,7,11,13,17,19,23,25,29,31,45,47-52,54-58H,3-4,6,8-10,12,14-16,18,20-22,24,26-28,30,32-44H2,1-2H3,(H,59,60)/b7-5-,13-11-,19-17-,25-23-,31-29-. The van der Waals surface area contributed by atoms with E-state index >= 15 is 0 Å². The van der Waals surface area contributed by atoms with Gasteiger partial charge in [0, 0.05) is 13.0 Å². The average molecular weight is 941 g/mol. The maximum Gasteiger partial charge on any atom is 0.472 e. The predicted molar refractivity (Wildman–Crippen MR) is 262 cm³/mol. The van der Waals surface area contributed by atoms with E-state index in [1.54, 1.807) is 0 Å². The van der Waals surface area contributed by atoms with Gasteiger partial charge >= 0.3 is 13.8 Å². The molecule has 1 fully saturated rings. The van der Waals surface area contributed by atoms with Gasteiger partial charge in [-0.15, -0.1) is 0 Å². The fourth-order valence-corrected chi connectivity index (χ4v) is 8.59. The van der Waals surface area contributed by atoms with Gasteiger partial charge in [0.1, 0.15) is 42.7 Å². The van der Waals surface area contributed by atoms with Crippen LogP contribution in [0.2, 0.25) is 0 Å². The molecule has 0 saturated heterocycles. The largest absolute Gasteiger partial charge is 0.472 e. The second-order valence-corrected chi connectivity index (χ2v) is 19.1. The lowest BCUT2D eigenvalue weighted by Gasteiger charge is -2.41. The summed E-state index contributed by atoms with van der Waals surface area (Å²) >= 11 is 0. The number of phosphoric acid groups is 1. The molecule has 378 valence electrons. The Balaban J connectivity index is 2.37. The van der Waals surface area contributed by atoms with Crippen LogP contribution in [0.4, 0.5) is 0 Å². The monoisotopic (exact) mass is 941 g/mol. The lowest BCUT2D eigenvalue weighted by Crippen LogP contribution is -2.64. The van der Waals surface area contributed by atoms with Crippen LogP contribution in [0.5, 0.6) is 0 Å². The molecule has 1 aliphatic carbocycles. The molecule has 0 bridgehead atoms. The van der Waals surface area contributed by atoms with Crippen LogP contribution < -0.4 is 0 Å². The first-order chi connectivity index (χ1) is 31.5. The van der Waals surface area contributed by atoms with E-state index in [1.807, 2.05) is 0 Å². The number of allylic oxidation sites excluding steroid dienone is 10. The Bertz CT molecular complexity index is 1300. The van der Waals surface area contributed by atoms with Crippen molar-refractivity contribution in [3.63, 3.8) is 0 Å². The van der Waals surface area contributed by atoms with Gasteiger partial charge in [-0.3, -0.25) is 13.8 Å².